The van der Waals surface area contributed by atoms with Crippen LogP contribution in [0.25, 0.3) is 0 Å². The van der Waals surface area contributed by atoms with Gasteiger partial charge in [-0.25, -0.2) is 4.98 Å². The van der Waals surface area contributed by atoms with E-state index in [2.05, 4.69) is 39.7 Å². The molecule has 3 nitrogen and oxygen atoms in total. The summed E-state index contributed by atoms with van der Waals surface area (Å²) in [4.78, 5) is 8.86. The Morgan fingerprint density at radius 1 is 1.40 bits per heavy atom. The number of nitrogens with zero attached hydrogens (tertiary/aromatic N) is 2. The zero-order chi connectivity index (χ0) is 11.3. The molecule has 0 saturated heterocycles. The molecule has 0 saturated carbocycles. The van der Waals surface area contributed by atoms with E-state index < -0.39 is 0 Å². The first-order valence-electron chi connectivity index (χ1n) is 5.10. The molecule has 0 fully saturated rings. The van der Waals surface area contributed by atoms with E-state index in [1.807, 2.05) is 0 Å². The number of methoxy groups -OCH3 is 1. The third kappa shape index (κ3) is 4.60. The number of hydrogen-bond donors (Lipinski definition) is 0. The van der Waals surface area contributed by atoms with Gasteiger partial charge in [-0.1, -0.05) is 29.8 Å². The minimum absolute atomic E-state index is 0.457. The molecule has 0 aliphatic heterocycles. The number of aromatic nitrogens is 2. The molecule has 0 aliphatic rings. The summed E-state index contributed by atoms with van der Waals surface area (Å²) in [6.07, 6.45) is 5.44. The van der Waals surface area contributed by atoms with E-state index in [1.165, 1.54) is 0 Å². The Bertz CT molecular complexity index is 304. The van der Waals surface area contributed by atoms with Gasteiger partial charge in [0, 0.05) is 17.4 Å². The Morgan fingerprint density at radius 2 is 2.13 bits per heavy atom. The third-order valence-corrected chi connectivity index (χ3v) is 2.73. The van der Waals surface area contributed by atoms with Gasteiger partial charge in [0.1, 0.15) is 0 Å². The molecule has 0 N–H and O–H groups in total. The number of hydrogen-bond acceptors (Lipinski definition) is 3. The third-order valence-electron chi connectivity index (χ3n) is 2.03. The Labute approximate surface area is 99.4 Å². The van der Waals surface area contributed by atoms with Crippen LogP contribution in [0, 0.1) is 5.92 Å². The predicted octanol–water partition coefficient (Wildman–Crippen LogP) is 2.84. The summed E-state index contributed by atoms with van der Waals surface area (Å²) >= 11 is 3.65. The van der Waals surface area contributed by atoms with Gasteiger partial charge in [-0.05, 0) is 12.3 Å². The highest BCUT2D eigenvalue weighted by Gasteiger charge is 2.09. The number of alkyl halides is 1. The number of ether oxygens (including phenoxy) is 1. The minimum atomic E-state index is 0.457. The van der Waals surface area contributed by atoms with Crippen LogP contribution in [0.3, 0.4) is 0 Å². The molecule has 1 aromatic rings. The lowest BCUT2D eigenvalue weighted by Crippen LogP contribution is -2.08. The second-order valence-electron chi connectivity index (χ2n) is 3.98. The molecular weight excluding hydrogens is 256 g/mol. The summed E-state index contributed by atoms with van der Waals surface area (Å²) in [5.74, 6) is 1.27. The Morgan fingerprint density at radius 3 is 2.73 bits per heavy atom. The van der Waals surface area contributed by atoms with Crippen LogP contribution in [-0.2, 0) is 6.42 Å². The van der Waals surface area contributed by atoms with E-state index >= 15 is 0 Å². The molecular formula is C11H17BrN2O. The smallest absolute Gasteiger partial charge is 0.232 e. The highest BCUT2D eigenvalue weighted by molar-refractivity contribution is 9.09. The maximum Gasteiger partial charge on any atom is 0.232 e. The summed E-state index contributed by atoms with van der Waals surface area (Å²) in [5, 5.41) is 0. The maximum absolute atomic E-state index is 5.03. The monoisotopic (exact) mass is 272 g/mol. The first-order valence-corrected chi connectivity index (χ1v) is 6.02. The molecule has 4 heteroatoms. The van der Waals surface area contributed by atoms with Gasteiger partial charge in [0.2, 0.25) is 5.88 Å². The SMILES string of the molecule is COc1cncc(CC(Br)CC(C)C)n1. The molecule has 15 heavy (non-hydrogen) atoms. The molecule has 1 heterocycles. The molecule has 0 aromatic carbocycles. The molecule has 0 radical (unpaired) electrons. The fraction of sp³-hybridized carbons (Fsp3) is 0.636. The van der Waals surface area contributed by atoms with Crippen molar-refractivity contribution in [3.05, 3.63) is 18.1 Å². The van der Waals surface area contributed by atoms with Gasteiger partial charge in [0.25, 0.3) is 0 Å². The molecule has 1 atom stereocenters. The topological polar surface area (TPSA) is 35.0 Å². The van der Waals surface area contributed by atoms with E-state index in [1.54, 1.807) is 19.5 Å². The van der Waals surface area contributed by atoms with Crippen molar-refractivity contribution in [1.29, 1.82) is 0 Å². The lowest BCUT2D eigenvalue weighted by molar-refractivity contribution is 0.393. The maximum atomic E-state index is 5.03. The van der Waals surface area contributed by atoms with E-state index in [9.17, 15) is 0 Å². The number of rotatable bonds is 5. The summed E-state index contributed by atoms with van der Waals surface area (Å²) in [7, 11) is 1.60. The van der Waals surface area contributed by atoms with Gasteiger partial charge in [-0.15, -0.1) is 0 Å². The molecule has 1 rings (SSSR count). The first kappa shape index (κ1) is 12.4. The second kappa shape index (κ2) is 6.05. The Hall–Kier alpha value is -0.640. The van der Waals surface area contributed by atoms with Crippen molar-refractivity contribution in [2.75, 3.05) is 7.11 Å². The quantitative estimate of drug-likeness (QED) is 0.774. The molecule has 1 aromatic heterocycles. The standard InChI is InChI=1S/C11H17BrN2O/c1-8(2)4-9(12)5-10-6-13-7-11(14-10)15-3/h6-9H,4-5H2,1-3H3. The van der Waals surface area contributed by atoms with Gasteiger partial charge in [0.15, 0.2) is 0 Å². The van der Waals surface area contributed by atoms with Gasteiger partial charge in [0.05, 0.1) is 19.0 Å². The van der Waals surface area contributed by atoms with Crippen molar-refractivity contribution in [1.82, 2.24) is 9.97 Å². The normalized spacial score (nSPS) is 12.9. The van der Waals surface area contributed by atoms with Crippen LogP contribution >= 0.6 is 15.9 Å². The van der Waals surface area contributed by atoms with Crippen LogP contribution < -0.4 is 4.74 Å². The van der Waals surface area contributed by atoms with Crippen molar-refractivity contribution >= 4 is 15.9 Å². The highest BCUT2D eigenvalue weighted by atomic mass is 79.9. The number of halogens is 1. The van der Waals surface area contributed by atoms with Crippen molar-refractivity contribution in [3.8, 4) is 5.88 Å². The van der Waals surface area contributed by atoms with Gasteiger partial charge < -0.3 is 4.74 Å². The fourth-order valence-electron chi connectivity index (χ4n) is 1.40. The van der Waals surface area contributed by atoms with Crippen LogP contribution in [0.1, 0.15) is 26.0 Å². The van der Waals surface area contributed by atoms with Crippen LogP contribution in [-0.4, -0.2) is 21.9 Å². The van der Waals surface area contributed by atoms with Crippen molar-refractivity contribution < 1.29 is 4.74 Å². The Balaban J connectivity index is 2.55. The minimum Gasteiger partial charge on any atom is -0.480 e. The second-order valence-corrected chi connectivity index (χ2v) is 5.28. The lowest BCUT2D eigenvalue weighted by atomic mass is 10.1. The summed E-state index contributed by atoms with van der Waals surface area (Å²) in [6, 6.07) is 0. The lowest BCUT2D eigenvalue weighted by Gasteiger charge is -2.11. The zero-order valence-corrected chi connectivity index (χ0v) is 11.0. The molecule has 0 amide bonds. The fourth-order valence-corrected chi connectivity index (χ4v) is 2.48. The van der Waals surface area contributed by atoms with Crippen LogP contribution in [0.2, 0.25) is 0 Å². The highest BCUT2D eigenvalue weighted by Crippen LogP contribution is 2.17. The summed E-state index contributed by atoms with van der Waals surface area (Å²) in [6.45, 7) is 4.43. The molecule has 0 spiro atoms. The van der Waals surface area contributed by atoms with E-state index in [0.29, 0.717) is 16.6 Å². The van der Waals surface area contributed by atoms with Crippen molar-refractivity contribution in [3.63, 3.8) is 0 Å². The van der Waals surface area contributed by atoms with Crippen LogP contribution in [0.15, 0.2) is 12.4 Å². The van der Waals surface area contributed by atoms with Crippen molar-refractivity contribution in [2.24, 2.45) is 5.92 Å². The van der Waals surface area contributed by atoms with Crippen LogP contribution in [0.5, 0.6) is 5.88 Å². The average Bonchev–Trinajstić information content (AvgIpc) is 2.16. The van der Waals surface area contributed by atoms with Crippen molar-refractivity contribution in [2.45, 2.75) is 31.5 Å². The van der Waals surface area contributed by atoms with E-state index in [4.69, 9.17) is 4.74 Å². The molecule has 1 unspecified atom stereocenters. The summed E-state index contributed by atoms with van der Waals surface area (Å²) < 4.78 is 5.03. The van der Waals surface area contributed by atoms with E-state index in [0.717, 1.165) is 18.5 Å². The van der Waals surface area contributed by atoms with Gasteiger partial charge >= 0.3 is 0 Å². The Kier molecular flexibility index (Phi) is 5.02. The predicted molar refractivity (Wildman–Crippen MR) is 64.5 cm³/mol. The molecule has 0 aliphatic carbocycles. The van der Waals surface area contributed by atoms with E-state index in [-0.39, 0.29) is 0 Å². The summed E-state index contributed by atoms with van der Waals surface area (Å²) in [5.41, 5.74) is 0.969. The molecule has 84 valence electrons. The van der Waals surface area contributed by atoms with Gasteiger partial charge in [-0.2, -0.15) is 0 Å². The van der Waals surface area contributed by atoms with Gasteiger partial charge in [-0.3, -0.25) is 4.98 Å². The molecule has 0 bridgehead atoms. The van der Waals surface area contributed by atoms with Crippen LogP contribution in [0.4, 0.5) is 0 Å². The zero-order valence-electron chi connectivity index (χ0n) is 9.40. The largest absolute Gasteiger partial charge is 0.480 e. The first-order chi connectivity index (χ1) is 7.11. The average molecular weight is 273 g/mol.